The monoisotopic (exact) mass is 381 g/mol. The van der Waals surface area contributed by atoms with Crippen LogP contribution in [0.3, 0.4) is 0 Å². The van der Waals surface area contributed by atoms with Gasteiger partial charge in [0, 0.05) is 4.88 Å². The van der Waals surface area contributed by atoms with Crippen molar-refractivity contribution in [1.82, 2.24) is 5.32 Å². The number of carbonyl (C=O) groups excluding carboxylic acids is 2. The van der Waals surface area contributed by atoms with Crippen molar-refractivity contribution in [1.29, 1.82) is 0 Å². The molecular weight excluding hydrogens is 366 g/mol. The summed E-state index contributed by atoms with van der Waals surface area (Å²) < 4.78 is 16.0. The van der Waals surface area contributed by atoms with Crippen molar-refractivity contribution < 1.29 is 23.8 Å². The average molecular weight is 382 g/mol. The van der Waals surface area contributed by atoms with Crippen LogP contribution in [0, 0.1) is 0 Å². The fourth-order valence-electron chi connectivity index (χ4n) is 2.24. The summed E-state index contributed by atoms with van der Waals surface area (Å²) in [6.45, 7) is 2.69. The number of thiophene rings is 1. The van der Waals surface area contributed by atoms with Gasteiger partial charge in [0.05, 0.1) is 17.1 Å². The summed E-state index contributed by atoms with van der Waals surface area (Å²) in [5.41, 5.74) is 0.201. The summed E-state index contributed by atoms with van der Waals surface area (Å²) >= 11 is 7.65. The number of fused-ring (bicyclic) bond motifs is 1. The SMILES string of the molecule is C[C@@H](OC(=O)c1cc(Cl)c2c(c1)OCCO2)C(=O)NCc1cccs1. The molecule has 0 spiro atoms. The maximum absolute atomic E-state index is 12.3. The lowest BCUT2D eigenvalue weighted by atomic mass is 10.2. The van der Waals surface area contributed by atoms with E-state index in [-0.39, 0.29) is 16.5 Å². The van der Waals surface area contributed by atoms with Crippen molar-refractivity contribution in [2.75, 3.05) is 13.2 Å². The predicted octanol–water partition coefficient (Wildman–Crippen LogP) is 3.03. The highest BCUT2D eigenvalue weighted by molar-refractivity contribution is 7.09. The second kappa shape index (κ2) is 7.76. The summed E-state index contributed by atoms with van der Waals surface area (Å²) in [5.74, 6) is -0.227. The van der Waals surface area contributed by atoms with Gasteiger partial charge in [0.1, 0.15) is 13.2 Å². The number of nitrogens with one attached hydrogen (secondary N) is 1. The normalized spacial score (nSPS) is 13.8. The van der Waals surface area contributed by atoms with Crippen LogP contribution in [-0.2, 0) is 16.1 Å². The van der Waals surface area contributed by atoms with Crippen LogP contribution >= 0.6 is 22.9 Å². The Kier molecular flexibility index (Phi) is 5.45. The largest absolute Gasteiger partial charge is 0.486 e. The Morgan fingerprint density at radius 3 is 2.92 bits per heavy atom. The second-order valence-corrected chi connectivity index (χ2v) is 6.77. The fraction of sp³-hybridized carbons (Fsp3) is 0.294. The van der Waals surface area contributed by atoms with Gasteiger partial charge in [-0.1, -0.05) is 17.7 Å². The number of esters is 1. The number of carbonyl (C=O) groups is 2. The van der Waals surface area contributed by atoms with Crippen LogP contribution in [0.1, 0.15) is 22.2 Å². The van der Waals surface area contributed by atoms with E-state index in [1.807, 2.05) is 17.5 Å². The highest BCUT2D eigenvalue weighted by Gasteiger charge is 2.23. The molecule has 0 saturated heterocycles. The molecule has 25 heavy (non-hydrogen) atoms. The van der Waals surface area contributed by atoms with Gasteiger partial charge in [-0.05, 0) is 30.5 Å². The molecule has 0 aliphatic carbocycles. The summed E-state index contributed by atoms with van der Waals surface area (Å²) in [7, 11) is 0. The lowest BCUT2D eigenvalue weighted by molar-refractivity contribution is -0.129. The molecule has 1 aliphatic rings. The number of ether oxygens (including phenoxy) is 3. The molecule has 0 bridgehead atoms. The third-order valence-corrected chi connectivity index (χ3v) is 4.66. The van der Waals surface area contributed by atoms with Gasteiger partial charge in [-0.25, -0.2) is 4.79 Å². The maximum Gasteiger partial charge on any atom is 0.339 e. The van der Waals surface area contributed by atoms with E-state index in [2.05, 4.69) is 5.32 Å². The minimum Gasteiger partial charge on any atom is -0.486 e. The average Bonchev–Trinajstić information content (AvgIpc) is 3.13. The van der Waals surface area contributed by atoms with Crippen molar-refractivity contribution in [2.45, 2.75) is 19.6 Å². The zero-order valence-electron chi connectivity index (χ0n) is 13.4. The molecule has 6 nitrogen and oxygen atoms in total. The first-order chi connectivity index (χ1) is 12.0. The summed E-state index contributed by atoms with van der Waals surface area (Å²) in [6, 6.07) is 6.76. The van der Waals surface area contributed by atoms with Gasteiger partial charge < -0.3 is 19.5 Å². The van der Waals surface area contributed by atoms with Crippen LogP contribution in [0.15, 0.2) is 29.6 Å². The van der Waals surface area contributed by atoms with E-state index < -0.39 is 12.1 Å². The molecule has 1 aliphatic heterocycles. The summed E-state index contributed by atoms with van der Waals surface area (Å²) in [5, 5.41) is 4.92. The Bertz CT molecular complexity index is 778. The lowest BCUT2D eigenvalue weighted by Gasteiger charge is -2.20. The highest BCUT2D eigenvalue weighted by atomic mass is 35.5. The Balaban J connectivity index is 1.61. The maximum atomic E-state index is 12.3. The van der Waals surface area contributed by atoms with Gasteiger partial charge in [-0.2, -0.15) is 0 Å². The minimum absolute atomic E-state index is 0.201. The molecule has 2 heterocycles. The van der Waals surface area contributed by atoms with E-state index in [1.165, 1.54) is 30.4 Å². The van der Waals surface area contributed by atoms with Crippen molar-refractivity contribution in [2.24, 2.45) is 0 Å². The molecule has 132 valence electrons. The van der Waals surface area contributed by atoms with Crippen LogP contribution in [0.4, 0.5) is 0 Å². The van der Waals surface area contributed by atoms with Crippen molar-refractivity contribution >= 4 is 34.8 Å². The van der Waals surface area contributed by atoms with Gasteiger partial charge in [-0.15, -0.1) is 11.3 Å². The standard InChI is InChI=1S/C17H16ClNO5S/c1-10(16(20)19-9-12-3-2-6-25-12)24-17(21)11-7-13(18)15-14(8-11)22-4-5-23-15/h2-3,6-8,10H,4-5,9H2,1H3,(H,19,20)/t10-/m1/s1. The molecule has 1 aromatic heterocycles. The molecule has 0 saturated carbocycles. The lowest BCUT2D eigenvalue weighted by Crippen LogP contribution is -2.35. The first-order valence-corrected chi connectivity index (χ1v) is 8.90. The van der Waals surface area contributed by atoms with E-state index in [4.69, 9.17) is 25.8 Å². The Hall–Kier alpha value is -2.25. The Morgan fingerprint density at radius 2 is 2.16 bits per heavy atom. The van der Waals surface area contributed by atoms with Gasteiger partial charge >= 0.3 is 5.97 Å². The topological polar surface area (TPSA) is 73.9 Å². The number of hydrogen-bond acceptors (Lipinski definition) is 6. The third kappa shape index (κ3) is 4.24. The fourth-order valence-corrected chi connectivity index (χ4v) is 3.15. The Labute approximate surface area is 153 Å². The molecule has 1 N–H and O–H groups in total. The Morgan fingerprint density at radius 1 is 1.36 bits per heavy atom. The second-order valence-electron chi connectivity index (χ2n) is 5.33. The zero-order valence-corrected chi connectivity index (χ0v) is 15.0. The smallest absolute Gasteiger partial charge is 0.339 e. The minimum atomic E-state index is -0.931. The van der Waals surface area contributed by atoms with E-state index >= 15 is 0 Å². The molecule has 0 radical (unpaired) electrons. The quantitative estimate of drug-likeness (QED) is 0.806. The van der Waals surface area contributed by atoms with E-state index in [0.717, 1.165) is 4.88 Å². The molecular formula is C17H16ClNO5S. The summed E-state index contributed by atoms with van der Waals surface area (Å²) in [4.78, 5) is 25.3. The van der Waals surface area contributed by atoms with Crippen molar-refractivity contribution in [3.63, 3.8) is 0 Å². The molecule has 8 heteroatoms. The predicted molar refractivity (Wildman–Crippen MR) is 93.5 cm³/mol. The number of benzene rings is 1. The molecule has 1 amide bonds. The van der Waals surface area contributed by atoms with Crippen LogP contribution in [0.2, 0.25) is 5.02 Å². The molecule has 0 unspecified atom stereocenters. The van der Waals surface area contributed by atoms with E-state index in [9.17, 15) is 9.59 Å². The zero-order chi connectivity index (χ0) is 17.8. The van der Waals surface area contributed by atoms with Gasteiger partial charge in [0.15, 0.2) is 17.6 Å². The van der Waals surface area contributed by atoms with Crippen molar-refractivity contribution in [3.8, 4) is 11.5 Å². The first kappa shape index (κ1) is 17.6. The molecule has 1 atom stereocenters. The number of halogens is 1. The van der Waals surface area contributed by atoms with Crippen LogP contribution < -0.4 is 14.8 Å². The number of rotatable bonds is 5. The van der Waals surface area contributed by atoms with Crippen LogP contribution in [0.5, 0.6) is 11.5 Å². The van der Waals surface area contributed by atoms with Crippen LogP contribution in [0.25, 0.3) is 0 Å². The first-order valence-electron chi connectivity index (χ1n) is 7.65. The van der Waals surface area contributed by atoms with Crippen LogP contribution in [-0.4, -0.2) is 31.2 Å². The molecule has 2 aromatic rings. The van der Waals surface area contributed by atoms with Crippen molar-refractivity contribution in [3.05, 3.63) is 45.1 Å². The van der Waals surface area contributed by atoms with E-state index in [0.29, 0.717) is 31.3 Å². The van der Waals surface area contributed by atoms with Gasteiger partial charge in [0.25, 0.3) is 5.91 Å². The third-order valence-electron chi connectivity index (χ3n) is 3.50. The number of hydrogen-bond donors (Lipinski definition) is 1. The van der Waals surface area contributed by atoms with Gasteiger partial charge in [-0.3, -0.25) is 4.79 Å². The highest BCUT2D eigenvalue weighted by Crippen LogP contribution is 2.38. The summed E-state index contributed by atoms with van der Waals surface area (Å²) in [6.07, 6.45) is -0.931. The molecule has 1 aromatic carbocycles. The van der Waals surface area contributed by atoms with Gasteiger partial charge in [0.2, 0.25) is 0 Å². The van der Waals surface area contributed by atoms with E-state index in [1.54, 1.807) is 0 Å². The number of amides is 1. The molecule has 3 rings (SSSR count). The molecule has 0 fully saturated rings.